The second kappa shape index (κ2) is 8.55. The van der Waals surface area contributed by atoms with E-state index in [0.717, 1.165) is 61.9 Å². The normalized spacial score (nSPS) is 19.0. The van der Waals surface area contributed by atoms with Gasteiger partial charge in [0.25, 0.3) is 0 Å². The Kier molecular flexibility index (Phi) is 5.37. The van der Waals surface area contributed by atoms with Crippen molar-refractivity contribution in [2.45, 2.75) is 19.5 Å². The first kappa shape index (κ1) is 21.4. The van der Waals surface area contributed by atoms with Crippen molar-refractivity contribution in [3.8, 4) is 23.6 Å². The van der Waals surface area contributed by atoms with Crippen molar-refractivity contribution in [1.82, 2.24) is 20.2 Å². The lowest BCUT2D eigenvalue weighted by Gasteiger charge is -2.33. The fourth-order valence-electron chi connectivity index (χ4n) is 4.85. The third kappa shape index (κ3) is 3.78. The number of hydrogen-bond donors (Lipinski definition) is 2. The number of terminal acetylenes is 1. The number of nitrogens with zero attached hydrogens (tertiary/aromatic N) is 4. The van der Waals surface area contributed by atoms with Gasteiger partial charge in [0.1, 0.15) is 11.5 Å². The number of thiophene rings is 1. The molecule has 5 heterocycles. The Morgan fingerprint density at radius 3 is 2.76 bits per heavy atom. The quantitative estimate of drug-likeness (QED) is 0.431. The minimum absolute atomic E-state index is 0.445. The van der Waals surface area contributed by atoms with Gasteiger partial charge >= 0.3 is 0 Å². The summed E-state index contributed by atoms with van der Waals surface area (Å²) in [5.74, 6) is 3.67. The first-order chi connectivity index (χ1) is 16.6. The molecule has 2 N–H and O–H groups in total. The summed E-state index contributed by atoms with van der Waals surface area (Å²) in [6.45, 7) is 7.98. The average Bonchev–Trinajstić information content (AvgIpc) is 3.13. The Bertz CT molecular complexity index is 1430. The van der Waals surface area contributed by atoms with Gasteiger partial charge in [-0.25, -0.2) is 9.97 Å². The molecule has 7 heteroatoms. The van der Waals surface area contributed by atoms with Crippen LogP contribution in [0, 0.1) is 12.3 Å². The number of hydrogen-bond acceptors (Lipinski definition) is 7. The molecule has 6 rings (SSSR count). The van der Waals surface area contributed by atoms with Gasteiger partial charge in [-0.05, 0) is 50.4 Å². The highest BCUT2D eigenvalue weighted by molar-refractivity contribution is 7.20. The van der Waals surface area contributed by atoms with Crippen LogP contribution in [0.25, 0.3) is 32.2 Å². The van der Waals surface area contributed by atoms with Crippen molar-refractivity contribution in [2.75, 3.05) is 50.0 Å². The second-order valence-corrected chi connectivity index (χ2v) is 10.4. The molecule has 34 heavy (non-hydrogen) atoms. The van der Waals surface area contributed by atoms with E-state index in [9.17, 15) is 0 Å². The van der Waals surface area contributed by atoms with E-state index < -0.39 is 0 Å². The van der Waals surface area contributed by atoms with Crippen LogP contribution in [0.5, 0.6) is 0 Å². The summed E-state index contributed by atoms with van der Waals surface area (Å²) in [7, 11) is 2.16. The van der Waals surface area contributed by atoms with Gasteiger partial charge in [-0.2, -0.15) is 0 Å². The van der Waals surface area contributed by atoms with E-state index in [4.69, 9.17) is 16.4 Å². The molecule has 1 atom stereocenters. The highest BCUT2D eigenvalue weighted by atomic mass is 32.1. The number of benzene rings is 1. The third-order valence-electron chi connectivity index (χ3n) is 6.87. The van der Waals surface area contributed by atoms with Gasteiger partial charge in [-0.3, -0.25) is 0 Å². The van der Waals surface area contributed by atoms with Crippen LogP contribution in [0.3, 0.4) is 0 Å². The van der Waals surface area contributed by atoms with E-state index in [1.807, 2.05) is 17.4 Å². The highest BCUT2D eigenvalue weighted by Crippen LogP contribution is 2.41. The predicted octanol–water partition coefficient (Wildman–Crippen LogP) is 4.15. The summed E-state index contributed by atoms with van der Waals surface area (Å²) >= 11 is 1.86. The molecule has 1 aromatic carbocycles. The molecule has 0 saturated carbocycles. The molecule has 172 valence electrons. The number of piperazine rings is 1. The van der Waals surface area contributed by atoms with E-state index >= 15 is 0 Å². The molecule has 1 saturated heterocycles. The molecule has 3 aromatic heterocycles. The molecule has 4 aromatic rings. The highest BCUT2D eigenvalue weighted by Gasteiger charge is 2.20. The lowest BCUT2D eigenvalue weighted by molar-refractivity contribution is 0.312. The maximum atomic E-state index is 5.77. The molecular formula is C27H28N6S. The van der Waals surface area contributed by atoms with Crippen molar-refractivity contribution in [2.24, 2.45) is 0 Å². The summed E-state index contributed by atoms with van der Waals surface area (Å²) in [6, 6.07) is 13.2. The van der Waals surface area contributed by atoms with Gasteiger partial charge in [0.05, 0.1) is 16.9 Å². The van der Waals surface area contributed by atoms with E-state index in [1.54, 1.807) is 0 Å². The van der Waals surface area contributed by atoms with E-state index in [0.29, 0.717) is 11.7 Å². The minimum Gasteiger partial charge on any atom is -0.382 e. The van der Waals surface area contributed by atoms with E-state index in [-0.39, 0.29) is 0 Å². The molecule has 6 nitrogen and oxygen atoms in total. The molecule has 2 aliphatic heterocycles. The number of pyridine rings is 2. The van der Waals surface area contributed by atoms with Gasteiger partial charge in [0.2, 0.25) is 0 Å². The van der Waals surface area contributed by atoms with E-state index in [1.165, 1.54) is 26.0 Å². The summed E-state index contributed by atoms with van der Waals surface area (Å²) in [5.41, 5.74) is 4.84. The summed E-state index contributed by atoms with van der Waals surface area (Å²) in [4.78, 5) is 15.8. The van der Waals surface area contributed by atoms with Gasteiger partial charge in [0.15, 0.2) is 0 Å². The monoisotopic (exact) mass is 468 g/mol. The Morgan fingerprint density at radius 2 is 1.94 bits per heavy atom. The Balaban J connectivity index is 1.43. The maximum Gasteiger partial charge on any atom is 0.130 e. The van der Waals surface area contributed by atoms with Crippen LogP contribution in [-0.4, -0.2) is 60.7 Å². The number of fused-ring (bicyclic) bond motifs is 5. The molecule has 0 unspecified atom stereocenters. The number of anilines is 2. The fourth-order valence-corrected chi connectivity index (χ4v) is 6.00. The van der Waals surface area contributed by atoms with Gasteiger partial charge in [-0.15, -0.1) is 17.8 Å². The van der Waals surface area contributed by atoms with Crippen molar-refractivity contribution >= 4 is 43.8 Å². The van der Waals surface area contributed by atoms with Crippen LogP contribution in [0.2, 0.25) is 0 Å². The molecule has 0 bridgehead atoms. The van der Waals surface area contributed by atoms with Crippen LogP contribution in [0.4, 0.5) is 11.5 Å². The van der Waals surface area contributed by atoms with Crippen LogP contribution >= 0.6 is 11.3 Å². The maximum absolute atomic E-state index is 5.77. The van der Waals surface area contributed by atoms with Gasteiger partial charge < -0.3 is 20.4 Å². The minimum atomic E-state index is 0.445. The topological polar surface area (TPSA) is 56.3 Å². The zero-order chi connectivity index (χ0) is 23.2. The largest absolute Gasteiger partial charge is 0.382 e. The molecule has 0 radical (unpaired) electrons. The number of rotatable bonds is 2. The SMILES string of the molecule is C#Cc1cc(-c2ccc3c(ccc4sc5c(c43)NC[C@@H](C)NC5)n2)cc(N2CCN(C)CC2)n1. The molecule has 0 amide bonds. The van der Waals surface area contributed by atoms with Crippen molar-refractivity contribution in [3.05, 3.63) is 47.0 Å². The van der Waals surface area contributed by atoms with Crippen LogP contribution in [-0.2, 0) is 6.54 Å². The fraction of sp³-hybridized carbons (Fsp3) is 0.333. The standard InChI is InChI=1S/C27H28N6S/c1-4-19-13-18(14-25(30-19)33-11-9-32(3)10-12-33)21-6-5-20-22(31-21)7-8-23-26(20)27-24(34-23)16-28-17(2)15-29-27/h1,5-8,13-14,17,28-29H,9-12,15-16H2,2-3H3/t17-/m1/s1. The zero-order valence-corrected chi connectivity index (χ0v) is 20.4. The number of aromatic nitrogens is 2. The van der Waals surface area contributed by atoms with Crippen LogP contribution < -0.4 is 15.5 Å². The first-order valence-electron chi connectivity index (χ1n) is 11.8. The van der Waals surface area contributed by atoms with Crippen molar-refractivity contribution < 1.29 is 0 Å². The summed E-state index contributed by atoms with van der Waals surface area (Å²) in [5, 5.41) is 9.74. The molecule has 0 spiro atoms. The average molecular weight is 469 g/mol. The first-order valence-corrected chi connectivity index (χ1v) is 12.7. The van der Waals surface area contributed by atoms with Gasteiger partial charge in [0, 0.05) is 71.2 Å². The Hall–Kier alpha value is -3.18. The summed E-state index contributed by atoms with van der Waals surface area (Å²) < 4.78 is 1.30. The Morgan fingerprint density at radius 1 is 1.09 bits per heavy atom. The zero-order valence-electron chi connectivity index (χ0n) is 19.6. The molecule has 2 aliphatic rings. The third-order valence-corrected chi connectivity index (χ3v) is 8.03. The number of nitrogens with one attached hydrogen (secondary N) is 2. The molecule has 0 aliphatic carbocycles. The molecular weight excluding hydrogens is 440 g/mol. The summed E-state index contributed by atoms with van der Waals surface area (Å²) in [6.07, 6.45) is 5.77. The molecule has 1 fully saturated rings. The lowest BCUT2D eigenvalue weighted by atomic mass is 10.1. The smallest absolute Gasteiger partial charge is 0.130 e. The van der Waals surface area contributed by atoms with E-state index in [2.05, 4.69) is 70.7 Å². The van der Waals surface area contributed by atoms with Crippen LogP contribution in [0.1, 0.15) is 17.5 Å². The van der Waals surface area contributed by atoms with Gasteiger partial charge in [-0.1, -0.05) is 5.92 Å². The predicted molar refractivity (Wildman–Crippen MR) is 143 cm³/mol. The van der Waals surface area contributed by atoms with Crippen molar-refractivity contribution in [3.63, 3.8) is 0 Å². The second-order valence-electron chi connectivity index (χ2n) is 9.30. The number of likely N-dealkylation sites (N-methyl/N-ethyl adjacent to an activating group) is 1. The Labute approximate surface area is 204 Å². The van der Waals surface area contributed by atoms with Crippen LogP contribution in [0.15, 0.2) is 36.4 Å². The lowest BCUT2D eigenvalue weighted by Crippen LogP contribution is -2.44. The van der Waals surface area contributed by atoms with Crippen molar-refractivity contribution in [1.29, 1.82) is 0 Å².